The van der Waals surface area contributed by atoms with Crippen molar-refractivity contribution >= 4 is 10.1 Å². The molecule has 0 aromatic rings. The van der Waals surface area contributed by atoms with E-state index in [1.54, 1.807) is 6.92 Å². The van der Waals surface area contributed by atoms with Crippen LogP contribution in [0, 0.1) is 0 Å². The molecule has 0 spiro atoms. The van der Waals surface area contributed by atoms with Gasteiger partial charge in [-0.1, -0.05) is 64.7 Å². The zero-order valence-electron chi connectivity index (χ0n) is 15.4. The van der Waals surface area contributed by atoms with Crippen LogP contribution in [-0.2, 0) is 10.1 Å². The van der Waals surface area contributed by atoms with Crippen molar-refractivity contribution in [3.05, 3.63) is 0 Å². The standard InChI is InChI=1S/C17H36O4S.Na/c1-3-4-5-6-7-8-9-10-11-14-17(22(19,20)21)15-12-13-16(2)18;/h16-18H,3-15H2,1-2H3,(H,19,20,21);/q;+1/p-1. The van der Waals surface area contributed by atoms with Gasteiger partial charge in [0.1, 0.15) is 0 Å². The maximum absolute atomic E-state index is 11.3. The molecule has 0 aromatic heterocycles. The first-order valence-electron chi connectivity index (χ1n) is 9.00. The third kappa shape index (κ3) is 17.5. The van der Waals surface area contributed by atoms with Gasteiger partial charge in [-0.15, -0.1) is 0 Å². The molecule has 4 nitrogen and oxygen atoms in total. The summed E-state index contributed by atoms with van der Waals surface area (Å²) in [6.45, 7) is 3.89. The predicted molar refractivity (Wildman–Crippen MR) is 90.9 cm³/mol. The largest absolute Gasteiger partial charge is 1.00 e. The molecule has 0 heterocycles. The third-order valence-corrected chi connectivity index (χ3v) is 5.47. The molecule has 2 atom stereocenters. The van der Waals surface area contributed by atoms with E-state index < -0.39 is 21.5 Å². The normalized spacial score (nSPS) is 14.3. The number of aliphatic hydroxyl groups excluding tert-OH is 1. The summed E-state index contributed by atoms with van der Waals surface area (Å²) in [7, 11) is -4.20. The van der Waals surface area contributed by atoms with Gasteiger partial charge in [-0.05, 0) is 32.6 Å². The molecule has 0 bridgehead atoms. The van der Waals surface area contributed by atoms with Crippen LogP contribution in [0.1, 0.15) is 97.3 Å². The number of aliphatic hydroxyl groups is 1. The van der Waals surface area contributed by atoms with E-state index in [2.05, 4.69) is 6.92 Å². The third-order valence-electron chi connectivity index (χ3n) is 4.19. The van der Waals surface area contributed by atoms with E-state index in [-0.39, 0.29) is 29.6 Å². The smallest absolute Gasteiger partial charge is 0.748 e. The summed E-state index contributed by atoms with van der Waals surface area (Å²) in [4.78, 5) is 0. The van der Waals surface area contributed by atoms with Crippen LogP contribution in [-0.4, -0.2) is 29.4 Å². The second kappa shape index (κ2) is 16.3. The number of hydrogen-bond donors (Lipinski definition) is 1. The van der Waals surface area contributed by atoms with Gasteiger partial charge in [0.15, 0.2) is 0 Å². The second-order valence-corrected chi connectivity index (χ2v) is 8.16. The van der Waals surface area contributed by atoms with Crippen LogP contribution < -0.4 is 29.6 Å². The van der Waals surface area contributed by atoms with E-state index in [0.717, 1.165) is 19.3 Å². The minimum Gasteiger partial charge on any atom is -0.748 e. The van der Waals surface area contributed by atoms with Gasteiger partial charge in [-0.3, -0.25) is 0 Å². The van der Waals surface area contributed by atoms with Crippen LogP contribution >= 0.6 is 0 Å². The molecule has 6 heteroatoms. The monoisotopic (exact) mass is 358 g/mol. The molecular formula is C17H35NaO4S. The van der Waals surface area contributed by atoms with E-state index >= 15 is 0 Å². The molecule has 0 radical (unpaired) electrons. The summed E-state index contributed by atoms with van der Waals surface area (Å²) in [6, 6.07) is 0. The van der Waals surface area contributed by atoms with Crippen molar-refractivity contribution in [1.29, 1.82) is 0 Å². The molecule has 0 aromatic carbocycles. The van der Waals surface area contributed by atoms with Crippen LogP contribution in [0.3, 0.4) is 0 Å². The molecule has 0 rings (SSSR count). The summed E-state index contributed by atoms with van der Waals surface area (Å²) in [6.07, 6.45) is 12.2. The topological polar surface area (TPSA) is 77.4 Å². The Bertz CT molecular complexity index is 345. The summed E-state index contributed by atoms with van der Waals surface area (Å²) in [5.74, 6) is 0. The van der Waals surface area contributed by atoms with Crippen LogP contribution in [0.25, 0.3) is 0 Å². The Balaban J connectivity index is 0. The Morgan fingerprint density at radius 2 is 1.26 bits per heavy atom. The SMILES string of the molecule is CCCCCCCCCCCC(CCCC(C)O)S(=O)(=O)[O-].[Na+]. The van der Waals surface area contributed by atoms with Crippen molar-refractivity contribution in [2.45, 2.75) is 109 Å². The Morgan fingerprint density at radius 3 is 1.70 bits per heavy atom. The van der Waals surface area contributed by atoms with Crippen molar-refractivity contribution < 1.29 is 47.6 Å². The molecular weight excluding hydrogens is 323 g/mol. The molecule has 0 amide bonds. The Hall–Kier alpha value is 0.870. The van der Waals surface area contributed by atoms with Gasteiger partial charge in [0.2, 0.25) is 0 Å². The fraction of sp³-hybridized carbons (Fsp3) is 1.00. The molecule has 0 saturated heterocycles. The number of hydrogen-bond acceptors (Lipinski definition) is 4. The molecule has 0 aliphatic rings. The van der Waals surface area contributed by atoms with Crippen LogP contribution in [0.2, 0.25) is 0 Å². The molecule has 0 aliphatic heterocycles. The minimum atomic E-state index is -4.20. The molecule has 0 aliphatic carbocycles. The molecule has 134 valence electrons. The maximum atomic E-state index is 11.3. The predicted octanol–water partition coefficient (Wildman–Crippen LogP) is 1.38. The van der Waals surface area contributed by atoms with E-state index in [0.29, 0.717) is 25.7 Å². The van der Waals surface area contributed by atoms with Gasteiger partial charge in [0.05, 0.1) is 16.2 Å². The minimum absolute atomic E-state index is 0. The van der Waals surface area contributed by atoms with Crippen LogP contribution in [0.15, 0.2) is 0 Å². The van der Waals surface area contributed by atoms with Crippen molar-refractivity contribution in [2.75, 3.05) is 0 Å². The zero-order valence-corrected chi connectivity index (χ0v) is 18.2. The zero-order chi connectivity index (χ0) is 16.8. The van der Waals surface area contributed by atoms with Crippen molar-refractivity contribution in [1.82, 2.24) is 0 Å². The number of rotatable bonds is 15. The van der Waals surface area contributed by atoms with Crippen molar-refractivity contribution in [3.8, 4) is 0 Å². The molecule has 2 unspecified atom stereocenters. The summed E-state index contributed by atoms with van der Waals surface area (Å²) in [5.41, 5.74) is 0. The molecule has 1 N–H and O–H groups in total. The molecule has 0 fully saturated rings. The molecule has 23 heavy (non-hydrogen) atoms. The first-order chi connectivity index (χ1) is 10.4. The van der Waals surface area contributed by atoms with E-state index in [4.69, 9.17) is 0 Å². The van der Waals surface area contributed by atoms with Gasteiger partial charge in [-0.2, -0.15) is 0 Å². The average molecular weight is 359 g/mol. The van der Waals surface area contributed by atoms with E-state index in [9.17, 15) is 18.1 Å². The van der Waals surface area contributed by atoms with Crippen LogP contribution in [0.5, 0.6) is 0 Å². The quantitative estimate of drug-likeness (QED) is 0.272. The van der Waals surface area contributed by atoms with E-state index in [1.165, 1.54) is 38.5 Å². The summed E-state index contributed by atoms with van der Waals surface area (Å²) in [5, 5.41) is 8.42. The summed E-state index contributed by atoms with van der Waals surface area (Å²) < 4.78 is 33.8. The van der Waals surface area contributed by atoms with Gasteiger partial charge >= 0.3 is 29.6 Å². The van der Waals surface area contributed by atoms with Gasteiger partial charge in [-0.25, -0.2) is 8.42 Å². The second-order valence-electron chi connectivity index (χ2n) is 6.51. The van der Waals surface area contributed by atoms with Crippen molar-refractivity contribution in [3.63, 3.8) is 0 Å². The fourth-order valence-corrected chi connectivity index (χ4v) is 3.67. The molecule has 0 saturated carbocycles. The van der Waals surface area contributed by atoms with Gasteiger partial charge < -0.3 is 9.66 Å². The Kier molecular flexibility index (Phi) is 18.5. The van der Waals surface area contributed by atoms with Gasteiger partial charge in [0, 0.05) is 5.25 Å². The van der Waals surface area contributed by atoms with E-state index in [1.807, 2.05) is 0 Å². The van der Waals surface area contributed by atoms with Crippen LogP contribution in [0.4, 0.5) is 0 Å². The first-order valence-corrected chi connectivity index (χ1v) is 10.5. The summed E-state index contributed by atoms with van der Waals surface area (Å²) >= 11 is 0. The fourth-order valence-electron chi connectivity index (χ4n) is 2.76. The first kappa shape index (κ1) is 26.1. The average Bonchev–Trinajstić information content (AvgIpc) is 2.42. The van der Waals surface area contributed by atoms with Crippen molar-refractivity contribution in [2.24, 2.45) is 0 Å². The number of unbranched alkanes of at least 4 members (excludes halogenated alkanes) is 8. The Morgan fingerprint density at radius 1 is 0.826 bits per heavy atom. The van der Waals surface area contributed by atoms with Gasteiger partial charge in [0.25, 0.3) is 0 Å². The maximum Gasteiger partial charge on any atom is 1.00 e. The Labute approximate surface area is 165 Å².